The summed E-state index contributed by atoms with van der Waals surface area (Å²) in [5.41, 5.74) is 3.92. The minimum Gasteiger partial charge on any atom is -0.494 e. The van der Waals surface area contributed by atoms with Gasteiger partial charge in [-0.25, -0.2) is 19.0 Å². The molecule has 8 nitrogen and oxygen atoms in total. The highest BCUT2D eigenvalue weighted by atomic mass is 19.1. The first-order valence-corrected chi connectivity index (χ1v) is 9.75. The first-order valence-electron chi connectivity index (χ1n) is 9.75. The predicted molar refractivity (Wildman–Crippen MR) is 115 cm³/mol. The van der Waals surface area contributed by atoms with Crippen LogP contribution in [0.25, 0.3) is 16.9 Å². The number of aromatic nitrogens is 5. The molecular formula is C22H23FN6O2. The van der Waals surface area contributed by atoms with Crippen molar-refractivity contribution in [1.29, 1.82) is 0 Å². The first-order chi connectivity index (χ1) is 14.9. The van der Waals surface area contributed by atoms with Crippen LogP contribution in [0.3, 0.4) is 0 Å². The molecule has 4 aromatic rings. The Bertz CT molecular complexity index is 1260. The number of halogens is 1. The van der Waals surface area contributed by atoms with Gasteiger partial charge in [0.15, 0.2) is 11.6 Å². The molecule has 0 saturated carbocycles. The molecule has 31 heavy (non-hydrogen) atoms. The van der Waals surface area contributed by atoms with Crippen molar-refractivity contribution in [3.63, 3.8) is 0 Å². The Labute approximate surface area is 178 Å². The standard InChI is InChI=1S/C22H23FN6O2/c1-14-6-4-5-7-18(14)29-12-16(11-28(2)13-20-24-22(30)26-25-20)21(27-29)15-8-9-19(31-3)17(23)10-15/h4-10,12H,11,13H2,1-3H3,(H2,24,25,26,30). The number of H-pyrrole nitrogens is 2. The van der Waals surface area contributed by atoms with Crippen LogP contribution >= 0.6 is 0 Å². The summed E-state index contributed by atoms with van der Waals surface area (Å²) in [7, 11) is 3.35. The lowest BCUT2D eigenvalue weighted by Gasteiger charge is -2.14. The van der Waals surface area contributed by atoms with Crippen LogP contribution in [0, 0.1) is 12.7 Å². The molecule has 0 bridgehead atoms. The molecule has 2 N–H and O–H groups in total. The number of nitrogens with zero attached hydrogens (tertiary/aromatic N) is 4. The van der Waals surface area contributed by atoms with Gasteiger partial charge in [0.25, 0.3) is 0 Å². The van der Waals surface area contributed by atoms with E-state index in [1.807, 2.05) is 54.0 Å². The Hall–Kier alpha value is -3.72. The maximum atomic E-state index is 14.4. The summed E-state index contributed by atoms with van der Waals surface area (Å²) >= 11 is 0. The quantitative estimate of drug-likeness (QED) is 0.478. The number of nitrogens with one attached hydrogen (secondary N) is 2. The molecule has 0 saturated heterocycles. The maximum Gasteiger partial charge on any atom is 0.340 e. The van der Waals surface area contributed by atoms with Crippen LogP contribution in [0.2, 0.25) is 0 Å². The molecule has 2 heterocycles. The third kappa shape index (κ3) is 4.41. The highest BCUT2D eigenvalue weighted by Gasteiger charge is 2.17. The van der Waals surface area contributed by atoms with Gasteiger partial charge in [-0.2, -0.15) is 10.2 Å². The van der Waals surface area contributed by atoms with E-state index in [2.05, 4.69) is 15.2 Å². The number of aryl methyl sites for hydroxylation is 1. The zero-order chi connectivity index (χ0) is 22.0. The average Bonchev–Trinajstić information content (AvgIpc) is 3.34. The van der Waals surface area contributed by atoms with Gasteiger partial charge in [-0.15, -0.1) is 0 Å². The van der Waals surface area contributed by atoms with E-state index in [4.69, 9.17) is 9.84 Å². The van der Waals surface area contributed by atoms with Crippen LogP contribution in [0.1, 0.15) is 17.0 Å². The van der Waals surface area contributed by atoms with Crippen LogP contribution in [0.15, 0.2) is 53.5 Å². The summed E-state index contributed by atoms with van der Waals surface area (Å²) in [5.74, 6) is 0.276. The van der Waals surface area contributed by atoms with Crippen molar-refractivity contribution in [3.05, 3.63) is 81.9 Å². The molecule has 0 spiro atoms. The summed E-state index contributed by atoms with van der Waals surface area (Å²) in [4.78, 5) is 15.9. The summed E-state index contributed by atoms with van der Waals surface area (Å²) in [6.07, 6.45) is 1.95. The van der Waals surface area contributed by atoms with E-state index in [1.165, 1.54) is 13.2 Å². The van der Waals surface area contributed by atoms with Crippen molar-refractivity contribution in [2.45, 2.75) is 20.0 Å². The molecule has 160 valence electrons. The second-order valence-corrected chi connectivity index (χ2v) is 7.38. The number of ether oxygens (including phenoxy) is 1. The van der Waals surface area contributed by atoms with Gasteiger partial charge >= 0.3 is 5.69 Å². The lowest BCUT2D eigenvalue weighted by Crippen LogP contribution is -2.18. The topological polar surface area (TPSA) is 91.8 Å². The van der Waals surface area contributed by atoms with E-state index in [1.54, 1.807) is 12.1 Å². The zero-order valence-corrected chi connectivity index (χ0v) is 17.5. The molecule has 0 aliphatic rings. The van der Waals surface area contributed by atoms with Crippen LogP contribution in [-0.2, 0) is 13.1 Å². The van der Waals surface area contributed by atoms with Gasteiger partial charge in [-0.05, 0) is 43.8 Å². The number of hydrogen-bond donors (Lipinski definition) is 2. The molecule has 0 unspecified atom stereocenters. The first kappa shape index (κ1) is 20.5. The molecule has 0 aliphatic heterocycles. The van der Waals surface area contributed by atoms with Crippen molar-refractivity contribution < 1.29 is 9.13 Å². The lowest BCUT2D eigenvalue weighted by atomic mass is 10.1. The van der Waals surface area contributed by atoms with Crippen molar-refractivity contribution >= 4 is 0 Å². The smallest absolute Gasteiger partial charge is 0.340 e. The Morgan fingerprint density at radius 2 is 2.00 bits per heavy atom. The second kappa shape index (κ2) is 8.57. The zero-order valence-electron chi connectivity index (χ0n) is 17.5. The number of benzene rings is 2. The Morgan fingerprint density at radius 1 is 1.19 bits per heavy atom. The Morgan fingerprint density at radius 3 is 2.68 bits per heavy atom. The number of aromatic amines is 2. The van der Waals surface area contributed by atoms with Crippen molar-refractivity contribution in [2.75, 3.05) is 14.2 Å². The van der Waals surface area contributed by atoms with Crippen LogP contribution < -0.4 is 10.4 Å². The van der Waals surface area contributed by atoms with E-state index in [0.29, 0.717) is 30.2 Å². The van der Waals surface area contributed by atoms with Gasteiger partial charge in [-0.3, -0.25) is 9.88 Å². The fourth-order valence-corrected chi connectivity index (χ4v) is 3.51. The highest BCUT2D eigenvalue weighted by Crippen LogP contribution is 2.29. The molecule has 0 amide bonds. The second-order valence-electron chi connectivity index (χ2n) is 7.38. The molecule has 9 heteroatoms. The average molecular weight is 422 g/mol. The van der Waals surface area contributed by atoms with Crippen molar-refractivity contribution in [3.8, 4) is 22.7 Å². The number of rotatable bonds is 7. The van der Waals surface area contributed by atoms with Crippen molar-refractivity contribution in [2.24, 2.45) is 0 Å². The summed E-state index contributed by atoms with van der Waals surface area (Å²) in [5, 5.41) is 11.1. The van der Waals surface area contributed by atoms with Crippen LogP contribution in [0.4, 0.5) is 4.39 Å². The summed E-state index contributed by atoms with van der Waals surface area (Å²) in [6.45, 7) is 2.97. The van der Waals surface area contributed by atoms with E-state index >= 15 is 0 Å². The largest absolute Gasteiger partial charge is 0.494 e. The normalized spacial score (nSPS) is 11.3. The number of para-hydroxylation sites is 1. The minimum absolute atomic E-state index is 0.184. The van der Waals surface area contributed by atoms with E-state index in [9.17, 15) is 9.18 Å². The van der Waals surface area contributed by atoms with Gasteiger partial charge in [0.05, 0.1) is 25.0 Å². The minimum atomic E-state index is -0.446. The third-order valence-corrected chi connectivity index (χ3v) is 4.99. The molecule has 2 aromatic carbocycles. The molecular weight excluding hydrogens is 399 g/mol. The van der Waals surface area contributed by atoms with Crippen LogP contribution in [-0.4, -0.2) is 44.0 Å². The SMILES string of the molecule is COc1ccc(-c2nn(-c3ccccc3C)cc2CN(C)Cc2n[nH]c(=O)[nH]2)cc1F. The molecule has 4 rings (SSSR count). The lowest BCUT2D eigenvalue weighted by molar-refractivity contribution is 0.311. The van der Waals surface area contributed by atoms with Gasteiger partial charge in [0, 0.05) is 23.9 Å². The van der Waals surface area contributed by atoms with Gasteiger partial charge < -0.3 is 4.74 Å². The van der Waals surface area contributed by atoms with Gasteiger partial charge in [-0.1, -0.05) is 18.2 Å². The third-order valence-electron chi connectivity index (χ3n) is 4.99. The Balaban J connectivity index is 1.72. The predicted octanol–water partition coefficient (Wildman–Crippen LogP) is 3.04. The van der Waals surface area contributed by atoms with E-state index < -0.39 is 5.82 Å². The van der Waals surface area contributed by atoms with Gasteiger partial charge in [0.1, 0.15) is 5.82 Å². The molecule has 0 aliphatic carbocycles. The Kier molecular flexibility index (Phi) is 5.68. The molecule has 2 aromatic heterocycles. The van der Waals surface area contributed by atoms with Gasteiger partial charge in [0.2, 0.25) is 0 Å². The molecule has 0 fully saturated rings. The highest BCUT2D eigenvalue weighted by molar-refractivity contribution is 5.64. The monoisotopic (exact) mass is 422 g/mol. The molecule has 0 radical (unpaired) electrons. The number of hydrogen-bond acceptors (Lipinski definition) is 5. The van der Waals surface area contributed by atoms with Crippen molar-refractivity contribution in [1.82, 2.24) is 29.9 Å². The fraction of sp³-hybridized carbons (Fsp3) is 0.227. The summed E-state index contributed by atoms with van der Waals surface area (Å²) < 4.78 is 21.3. The van der Waals surface area contributed by atoms with Crippen LogP contribution in [0.5, 0.6) is 5.75 Å². The maximum absolute atomic E-state index is 14.4. The summed E-state index contributed by atoms with van der Waals surface area (Å²) in [6, 6.07) is 12.8. The van der Waals surface area contributed by atoms with E-state index in [-0.39, 0.29) is 11.4 Å². The molecule has 0 atom stereocenters. The fourth-order valence-electron chi connectivity index (χ4n) is 3.51. The number of methoxy groups -OCH3 is 1. The van der Waals surface area contributed by atoms with E-state index in [0.717, 1.165) is 16.8 Å².